The van der Waals surface area contributed by atoms with Gasteiger partial charge in [-0.15, -0.1) is 0 Å². The maximum Gasteiger partial charge on any atom is 0.343 e. The molecule has 0 fully saturated rings. The molecule has 1 aliphatic heterocycles. The van der Waals surface area contributed by atoms with Crippen LogP contribution in [0.15, 0.2) is 35.3 Å². The molecule has 0 saturated carbocycles. The number of unbranched alkanes of at least 4 members (excludes halogenated alkanes) is 4. The molecule has 174 valence electrons. The van der Waals surface area contributed by atoms with E-state index in [-0.39, 0.29) is 17.4 Å². The number of hydrogen-bond donors (Lipinski definition) is 1. The second kappa shape index (κ2) is 9.89. The maximum absolute atomic E-state index is 12.5. The zero-order chi connectivity index (χ0) is 23.4. The Hall–Kier alpha value is -3.62. The number of carbonyl (C=O) groups excluding carboxylic acids is 1. The molecule has 9 heteroatoms. The Bertz CT molecular complexity index is 1240. The Labute approximate surface area is 190 Å². The molecule has 2 aromatic heterocycles. The van der Waals surface area contributed by atoms with Gasteiger partial charge in [-0.3, -0.25) is 14.3 Å². The number of ether oxygens (including phenoxy) is 2. The quantitative estimate of drug-likeness (QED) is 0.369. The number of carboxylic acid groups (broad SMARTS) is 1. The minimum Gasteiger partial charge on any atom is -0.491 e. The number of aryl methyl sites for hydroxylation is 2. The Morgan fingerprint density at radius 1 is 1.12 bits per heavy atom. The van der Waals surface area contributed by atoms with Crippen LogP contribution in [0.2, 0.25) is 0 Å². The number of carboxylic acids is 1. The van der Waals surface area contributed by atoms with Crippen molar-refractivity contribution in [2.45, 2.75) is 51.6 Å². The minimum atomic E-state index is -0.745. The summed E-state index contributed by atoms with van der Waals surface area (Å²) in [7, 11) is 1.26. The van der Waals surface area contributed by atoms with Crippen LogP contribution >= 0.6 is 0 Å². The van der Waals surface area contributed by atoms with Gasteiger partial charge in [-0.2, -0.15) is 5.10 Å². The molecule has 4 rings (SSSR count). The first-order chi connectivity index (χ1) is 16.0. The predicted molar refractivity (Wildman–Crippen MR) is 122 cm³/mol. The molecule has 33 heavy (non-hydrogen) atoms. The number of esters is 1. The topological polar surface area (TPSA) is 113 Å². The summed E-state index contributed by atoms with van der Waals surface area (Å²) >= 11 is 0. The lowest BCUT2D eigenvalue weighted by molar-refractivity contribution is -0.137. The normalized spacial score (nSPS) is 12.3. The summed E-state index contributed by atoms with van der Waals surface area (Å²) in [6.45, 7) is 1.74. The molecule has 3 aromatic rings. The number of nitrogens with zero attached hydrogens (tertiary/aromatic N) is 3. The summed E-state index contributed by atoms with van der Waals surface area (Å²) in [5.74, 6) is -0.692. The highest BCUT2D eigenvalue weighted by atomic mass is 16.5. The third-order valence-corrected chi connectivity index (χ3v) is 5.85. The summed E-state index contributed by atoms with van der Waals surface area (Å²) in [4.78, 5) is 35.0. The number of aromatic nitrogens is 3. The van der Waals surface area contributed by atoms with E-state index >= 15 is 0 Å². The van der Waals surface area contributed by atoms with Gasteiger partial charge < -0.3 is 19.1 Å². The zero-order valence-electron chi connectivity index (χ0n) is 18.6. The highest BCUT2D eigenvalue weighted by Gasteiger charge is 2.24. The van der Waals surface area contributed by atoms with Crippen molar-refractivity contribution in [1.29, 1.82) is 0 Å². The van der Waals surface area contributed by atoms with E-state index in [1.807, 2.05) is 27.4 Å². The van der Waals surface area contributed by atoms with Crippen molar-refractivity contribution in [3.63, 3.8) is 0 Å². The van der Waals surface area contributed by atoms with Crippen molar-refractivity contribution in [1.82, 2.24) is 14.3 Å². The fourth-order valence-electron chi connectivity index (χ4n) is 4.19. The average molecular weight is 453 g/mol. The van der Waals surface area contributed by atoms with Crippen molar-refractivity contribution in [2.75, 3.05) is 13.7 Å². The molecule has 0 saturated heterocycles. The Morgan fingerprint density at radius 3 is 2.70 bits per heavy atom. The first-order valence-electron chi connectivity index (χ1n) is 11.2. The first kappa shape index (κ1) is 22.6. The molecule has 0 unspecified atom stereocenters. The van der Waals surface area contributed by atoms with Crippen LogP contribution in [0.4, 0.5) is 0 Å². The van der Waals surface area contributed by atoms with Crippen LogP contribution in [-0.2, 0) is 22.6 Å². The van der Waals surface area contributed by atoms with Crippen LogP contribution in [0.3, 0.4) is 0 Å². The molecule has 0 spiro atoms. The number of benzene rings is 1. The second-order valence-corrected chi connectivity index (χ2v) is 8.11. The monoisotopic (exact) mass is 453 g/mol. The van der Waals surface area contributed by atoms with E-state index < -0.39 is 11.9 Å². The number of carbonyl (C=O) groups is 2. The van der Waals surface area contributed by atoms with Gasteiger partial charge in [0.25, 0.3) is 0 Å². The van der Waals surface area contributed by atoms with E-state index in [4.69, 9.17) is 19.7 Å². The first-order valence-corrected chi connectivity index (χ1v) is 11.2. The van der Waals surface area contributed by atoms with E-state index in [0.29, 0.717) is 37.6 Å². The molecule has 1 N–H and O–H groups in total. The largest absolute Gasteiger partial charge is 0.491 e. The average Bonchev–Trinajstić information content (AvgIpc) is 3.19. The smallest absolute Gasteiger partial charge is 0.343 e. The summed E-state index contributed by atoms with van der Waals surface area (Å²) in [6, 6.07) is 7.22. The molecule has 0 aliphatic carbocycles. The molecular weight excluding hydrogens is 426 g/mol. The van der Waals surface area contributed by atoms with E-state index in [1.165, 1.54) is 13.2 Å². The predicted octanol–water partition coefficient (Wildman–Crippen LogP) is 3.47. The molecule has 0 radical (unpaired) electrons. The SMILES string of the molecule is COC(=O)c1cn2c(cc1=O)-c1c3cccc(OCCCCCCCC(=O)O)c3nn1CC2. The van der Waals surface area contributed by atoms with Crippen molar-refractivity contribution >= 4 is 22.8 Å². The summed E-state index contributed by atoms with van der Waals surface area (Å²) in [5.41, 5.74) is 1.91. The van der Waals surface area contributed by atoms with Crippen molar-refractivity contribution in [3.8, 4) is 17.1 Å². The number of methoxy groups -OCH3 is 1. The van der Waals surface area contributed by atoms with Crippen LogP contribution in [0.1, 0.15) is 48.9 Å². The van der Waals surface area contributed by atoms with Crippen molar-refractivity contribution in [3.05, 3.63) is 46.2 Å². The van der Waals surface area contributed by atoms with Gasteiger partial charge in [0, 0.05) is 30.6 Å². The second-order valence-electron chi connectivity index (χ2n) is 8.11. The third kappa shape index (κ3) is 4.76. The molecule has 3 heterocycles. The zero-order valence-corrected chi connectivity index (χ0v) is 18.6. The van der Waals surface area contributed by atoms with E-state index in [1.54, 1.807) is 6.20 Å². The van der Waals surface area contributed by atoms with Crippen molar-refractivity contribution < 1.29 is 24.2 Å². The van der Waals surface area contributed by atoms with E-state index in [9.17, 15) is 14.4 Å². The van der Waals surface area contributed by atoms with E-state index in [0.717, 1.165) is 42.3 Å². The molecule has 0 atom stereocenters. The molecule has 0 amide bonds. The van der Waals surface area contributed by atoms with Crippen LogP contribution in [0, 0.1) is 0 Å². The molecular formula is C24H27N3O6. The number of fused-ring (bicyclic) bond motifs is 5. The summed E-state index contributed by atoms with van der Waals surface area (Å²) in [6.07, 6.45) is 6.25. The Balaban J connectivity index is 1.50. The van der Waals surface area contributed by atoms with Crippen LogP contribution in [0.5, 0.6) is 5.75 Å². The van der Waals surface area contributed by atoms with Crippen molar-refractivity contribution in [2.24, 2.45) is 0 Å². The molecule has 0 bridgehead atoms. The van der Waals surface area contributed by atoms with Gasteiger partial charge in [0.2, 0.25) is 0 Å². The summed E-state index contributed by atoms with van der Waals surface area (Å²) in [5, 5.41) is 14.3. The van der Waals surface area contributed by atoms with Gasteiger partial charge in [-0.05, 0) is 18.9 Å². The lowest BCUT2D eigenvalue weighted by Gasteiger charge is -2.21. The number of pyridine rings is 1. The third-order valence-electron chi connectivity index (χ3n) is 5.85. The van der Waals surface area contributed by atoms with Gasteiger partial charge in [-0.25, -0.2) is 4.79 Å². The van der Waals surface area contributed by atoms with Crippen LogP contribution in [0.25, 0.3) is 22.3 Å². The molecule has 9 nitrogen and oxygen atoms in total. The lowest BCUT2D eigenvalue weighted by atomic mass is 10.1. The van der Waals surface area contributed by atoms with Gasteiger partial charge >= 0.3 is 11.9 Å². The standard InChI is InChI=1S/C24H27N3O6/c1-32-24(31)17-15-26-11-12-27-23(18(26)14-19(17)28)16-8-7-9-20(22(16)25-27)33-13-6-4-2-3-5-10-21(29)30/h7-9,14-15H,2-6,10-13H2,1H3,(H,29,30). The van der Waals surface area contributed by atoms with Gasteiger partial charge in [0.15, 0.2) is 5.43 Å². The number of aliphatic carboxylic acids is 1. The highest BCUT2D eigenvalue weighted by molar-refractivity contribution is 5.96. The van der Waals surface area contributed by atoms with E-state index in [2.05, 4.69) is 0 Å². The summed E-state index contributed by atoms with van der Waals surface area (Å²) < 4.78 is 14.5. The van der Waals surface area contributed by atoms with Gasteiger partial charge in [0.05, 0.1) is 31.6 Å². The number of hydrogen-bond acceptors (Lipinski definition) is 6. The van der Waals surface area contributed by atoms with Gasteiger partial charge in [0.1, 0.15) is 16.8 Å². The van der Waals surface area contributed by atoms with Gasteiger partial charge in [-0.1, -0.05) is 31.4 Å². The maximum atomic E-state index is 12.5. The molecule has 1 aromatic carbocycles. The fraction of sp³-hybridized carbons (Fsp3) is 0.417. The highest BCUT2D eigenvalue weighted by Crippen LogP contribution is 2.35. The number of rotatable bonds is 10. The molecule has 1 aliphatic rings. The Kier molecular flexibility index (Phi) is 6.76. The van der Waals surface area contributed by atoms with Crippen LogP contribution < -0.4 is 10.2 Å². The lowest BCUT2D eigenvalue weighted by Crippen LogP contribution is -2.24. The van der Waals surface area contributed by atoms with Crippen LogP contribution in [-0.4, -0.2) is 45.1 Å². The fourth-order valence-corrected chi connectivity index (χ4v) is 4.19. The minimum absolute atomic E-state index is 0.0190. The Morgan fingerprint density at radius 2 is 1.91 bits per heavy atom.